The van der Waals surface area contributed by atoms with Crippen LogP contribution in [0.25, 0.3) is 0 Å². The molecule has 1 rings (SSSR count). The fourth-order valence-corrected chi connectivity index (χ4v) is 2.63. The van der Waals surface area contributed by atoms with Crippen LogP contribution in [-0.4, -0.2) is 65.2 Å². The van der Waals surface area contributed by atoms with E-state index in [2.05, 4.69) is 30.7 Å². The van der Waals surface area contributed by atoms with Crippen LogP contribution in [-0.2, 0) is 4.79 Å². The SMILES string of the molecule is CC1CN(CCCCC(C)(N)C(=O)O)CC(C)N1C. The van der Waals surface area contributed by atoms with Gasteiger partial charge in [0, 0.05) is 25.2 Å². The zero-order valence-electron chi connectivity index (χ0n) is 12.7. The second kappa shape index (κ2) is 6.68. The molecule has 5 nitrogen and oxygen atoms in total. The fourth-order valence-electron chi connectivity index (χ4n) is 2.63. The molecule has 0 amide bonds. The number of carbonyl (C=O) groups is 1. The summed E-state index contributed by atoms with van der Waals surface area (Å²) in [5, 5.41) is 8.95. The summed E-state index contributed by atoms with van der Waals surface area (Å²) in [6.07, 6.45) is 2.43. The van der Waals surface area contributed by atoms with E-state index in [0.29, 0.717) is 18.5 Å². The predicted octanol–water partition coefficient (Wildman–Crippen LogP) is 0.983. The number of carboxylic acids is 1. The van der Waals surface area contributed by atoms with Crippen molar-refractivity contribution < 1.29 is 9.90 Å². The highest BCUT2D eigenvalue weighted by Crippen LogP contribution is 2.15. The Labute approximate surface area is 116 Å². The maximum absolute atomic E-state index is 10.9. The molecule has 1 fully saturated rings. The van der Waals surface area contributed by atoms with Crippen LogP contribution in [0.4, 0.5) is 0 Å². The van der Waals surface area contributed by atoms with E-state index in [9.17, 15) is 4.79 Å². The average molecular weight is 271 g/mol. The number of rotatable bonds is 6. The Kier molecular flexibility index (Phi) is 5.77. The molecule has 0 aromatic carbocycles. The Bertz CT molecular complexity index is 295. The molecule has 3 atom stereocenters. The Morgan fingerprint density at radius 2 is 1.84 bits per heavy atom. The lowest BCUT2D eigenvalue weighted by atomic mass is 9.96. The molecule has 0 aliphatic carbocycles. The normalized spacial score (nSPS) is 29.1. The van der Waals surface area contributed by atoms with Crippen LogP contribution in [0.2, 0.25) is 0 Å². The van der Waals surface area contributed by atoms with Gasteiger partial charge in [-0.15, -0.1) is 0 Å². The van der Waals surface area contributed by atoms with Crippen molar-refractivity contribution in [1.29, 1.82) is 0 Å². The third-order valence-electron chi connectivity index (χ3n) is 4.34. The highest BCUT2D eigenvalue weighted by Gasteiger charge is 2.28. The van der Waals surface area contributed by atoms with Crippen LogP contribution in [0.5, 0.6) is 0 Å². The smallest absolute Gasteiger partial charge is 0.323 e. The number of nitrogens with zero attached hydrogens (tertiary/aromatic N) is 2. The summed E-state index contributed by atoms with van der Waals surface area (Å²) in [5.74, 6) is -0.908. The van der Waals surface area contributed by atoms with Crippen LogP contribution in [0.1, 0.15) is 40.0 Å². The molecule has 3 unspecified atom stereocenters. The van der Waals surface area contributed by atoms with E-state index in [0.717, 1.165) is 32.5 Å². The molecule has 1 saturated heterocycles. The second-order valence-corrected chi connectivity index (χ2v) is 6.30. The first-order valence-corrected chi connectivity index (χ1v) is 7.20. The molecule has 19 heavy (non-hydrogen) atoms. The number of piperazine rings is 1. The minimum atomic E-state index is -1.08. The van der Waals surface area contributed by atoms with E-state index in [-0.39, 0.29) is 0 Å². The zero-order valence-corrected chi connectivity index (χ0v) is 12.7. The van der Waals surface area contributed by atoms with E-state index in [1.165, 1.54) is 0 Å². The molecule has 0 spiro atoms. The number of hydrogen-bond donors (Lipinski definition) is 2. The molecule has 0 saturated carbocycles. The standard InChI is InChI=1S/C14H29N3O2/c1-11-9-17(10-12(2)16(11)4)8-6-5-7-14(3,15)13(18)19/h11-12H,5-10,15H2,1-4H3,(H,18,19). The van der Waals surface area contributed by atoms with E-state index in [1.807, 2.05) is 0 Å². The highest BCUT2D eigenvalue weighted by molar-refractivity contribution is 5.77. The summed E-state index contributed by atoms with van der Waals surface area (Å²) < 4.78 is 0. The Hall–Kier alpha value is -0.650. The van der Waals surface area contributed by atoms with Crippen LogP contribution in [0.3, 0.4) is 0 Å². The number of unbranched alkanes of at least 4 members (excludes halogenated alkanes) is 1. The summed E-state index contributed by atoms with van der Waals surface area (Å²) in [4.78, 5) is 15.8. The summed E-state index contributed by atoms with van der Waals surface area (Å²) in [7, 11) is 2.18. The van der Waals surface area contributed by atoms with Gasteiger partial charge in [0.25, 0.3) is 0 Å². The third kappa shape index (κ3) is 4.75. The molecule has 1 aliphatic rings. The van der Waals surface area contributed by atoms with Gasteiger partial charge in [0.05, 0.1) is 0 Å². The quantitative estimate of drug-likeness (QED) is 0.705. The van der Waals surface area contributed by atoms with Gasteiger partial charge in [-0.1, -0.05) is 0 Å². The fraction of sp³-hybridized carbons (Fsp3) is 0.929. The molecule has 3 N–H and O–H groups in total. The van der Waals surface area contributed by atoms with E-state index < -0.39 is 11.5 Å². The van der Waals surface area contributed by atoms with E-state index in [1.54, 1.807) is 6.92 Å². The van der Waals surface area contributed by atoms with Gasteiger partial charge in [0.2, 0.25) is 0 Å². The van der Waals surface area contributed by atoms with Crippen molar-refractivity contribution >= 4 is 5.97 Å². The summed E-state index contributed by atoms with van der Waals surface area (Å²) in [6, 6.07) is 1.17. The largest absolute Gasteiger partial charge is 0.480 e. The Balaban J connectivity index is 2.25. The predicted molar refractivity (Wildman–Crippen MR) is 77.2 cm³/mol. The van der Waals surface area contributed by atoms with Crippen molar-refractivity contribution in [2.45, 2.75) is 57.7 Å². The van der Waals surface area contributed by atoms with Gasteiger partial charge < -0.3 is 15.7 Å². The molecule has 112 valence electrons. The molecule has 0 aromatic rings. The minimum Gasteiger partial charge on any atom is -0.480 e. The molecule has 0 aromatic heterocycles. The number of likely N-dealkylation sites (N-methyl/N-ethyl adjacent to an activating group) is 1. The number of carboxylic acid groups (broad SMARTS) is 1. The van der Waals surface area contributed by atoms with Crippen molar-refractivity contribution in [2.24, 2.45) is 5.73 Å². The van der Waals surface area contributed by atoms with Gasteiger partial charge in [-0.05, 0) is 53.6 Å². The monoisotopic (exact) mass is 271 g/mol. The van der Waals surface area contributed by atoms with Gasteiger partial charge in [-0.3, -0.25) is 9.69 Å². The molecule has 1 aliphatic heterocycles. The van der Waals surface area contributed by atoms with Crippen LogP contribution in [0.15, 0.2) is 0 Å². The maximum atomic E-state index is 10.9. The minimum absolute atomic E-state index is 0.543. The lowest BCUT2D eigenvalue weighted by Gasteiger charge is -2.42. The summed E-state index contributed by atoms with van der Waals surface area (Å²) in [5.41, 5.74) is 4.64. The molecule has 0 radical (unpaired) electrons. The van der Waals surface area contributed by atoms with Gasteiger partial charge in [0.1, 0.15) is 5.54 Å². The first kappa shape index (κ1) is 16.4. The van der Waals surface area contributed by atoms with Crippen LogP contribution >= 0.6 is 0 Å². The van der Waals surface area contributed by atoms with Crippen molar-refractivity contribution in [3.63, 3.8) is 0 Å². The average Bonchev–Trinajstić information content (AvgIpc) is 2.31. The number of aliphatic carboxylic acids is 1. The van der Waals surface area contributed by atoms with Gasteiger partial charge >= 0.3 is 5.97 Å². The third-order valence-corrected chi connectivity index (χ3v) is 4.34. The van der Waals surface area contributed by atoms with Crippen molar-refractivity contribution in [3.05, 3.63) is 0 Å². The zero-order chi connectivity index (χ0) is 14.6. The van der Waals surface area contributed by atoms with E-state index >= 15 is 0 Å². The van der Waals surface area contributed by atoms with Crippen molar-refractivity contribution in [1.82, 2.24) is 9.80 Å². The summed E-state index contributed by atoms with van der Waals surface area (Å²) in [6.45, 7) is 9.33. The molecule has 1 heterocycles. The van der Waals surface area contributed by atoms with Crippen molar-refractivity contribution in [3.8, 4) is 0 Å². The second-order valence-electron chi connectivity index (χ2n) is 6.30. The lowest BCUT2D eigenvalue weighted by Crippen LogP contribution is -2.55. The first-order chi connectivity index (χ1) is 8.74. The highest BCUT2D eigenvalue weighted by atomic mass is 16.4. The van der Waals surface area contributed by atoms with Gasteiger partial charge in [-0.2, -0.15) is 0 Å². The molecule has 5 heteroatoms. The topological polar surface area (TPSA) is 69.8 Å². The van der Waals surface area contributed by atoms with Crippen LogP contribution < -0.4 is 5.73 Å². The molecular weight excluding hydrogens is 242 g/mol. The first-order valence-electron chi connectivity index (χ1n) is 7.20. The lowest BCUT2D eigenvalue weighted by molar-refractivity contribution is -0.142. The van der Waals surface area contributed by atoms with Crippen LogP contribution in [0, 0.1) is 0 Å². The Morgan fingerprint density at radius 3 is 2.32 bits per heavy atom. The molecule has 0 bridgehead atoms. The Morgan fingerprint density at radius 1 is 1.32 bits per heavy atom. The van der Waals surface area contributed by atoms with Gasteiger partial charge in [-0.25, -0.2) is 0 Å². The summed E-state index contributed by atoms with van der Waals surface area (Å²) >= 11 is 0. The number of nitrogens with two attached hydrogens (primary N) is 1. The van der Waals surface area contributed by atoms with E-state index in [4.69, 9.17) is 10.8 Å². The van der Waals surface area contributed by atoms with Crippen molar-refractivity contribution in [2.75, 3.05) is 26.7 Å². The molecular formula is C14H29N3O2. The van der Waals surface area contributed by atoms with Gasteiger partial charge in [0.15, 0.2) is 0 Å². The maximum Gasteiger partial charge on any atom is 0.323 e. The number of hydrogen-bond acceptors (Lipinski definition) is 4.